The number of ether oxygens (including phenoxy) is 2. The summed E-state index contributed by atoms with van der Waals surface area (Å²) in [6.07, 6.45) is -0.335. The number of carbonyl (C=O) groups excluding carboxylic acids is 3. The van der Waals surface area contributed by atoms with E-state index in [1.165, 1.54) is 14.2 Å². The third kappa shape index (κ3) is 6.75. The van der Waals surface area contributed by atoms with E-state index < -0.39 is 24.0 Å². The highest BCUT2D eigenvalue weighted by molar-refractivity contribution is 5.87. The Balaban J connectivity index is 1.86. The molecule has 2 rings (SSSR count). The Kier molecular flexibility index (Phi) is 8.02. The summed E-state index contributed by atoms with van der Waals surface area (Å²) in [7, 11) is 2.72. The maximum Gasteiger partial charge on any atom is 0.410 e. The van der Waals surface area contributed by atoms with E-state index in [-0.39, 0.29) is 13.2 Å². The normalized spacial score (nSPS) is 11.2. The number of benzene rings is 2. The van der Waals surface area contributed by atoms with Gasteiger partial charge in [-0.2, -0.15) is 0 Å². The van der Waals surface area contributed by atoms with E-state index in [4.69, 9.17) is 9.47 Å². The number of likely N-dealkylation sites (N-methyl/N-ethyl adjacent to an activating group) is 1. The van der Waals surface area contributed by atoms with Crippen LogP contribution in [0.5, 0.6) is 0 Å². The zero-order valence-corrected chi connectivity index (χ0v) is 16.0. The lowest BCUT2D eigenvalue weighted by atomic mass is 10.1. The van der Waals surface area contributed by atoms with Crippen molar-refractivity contribution < 1.29 is 23.9 Å². The van der Waals surface area contributed by atoms with Crippen molar-refractivity contribution in [2.45, 2.75) is 19.1 Å². The number of methoxy groups -OCH3 is 1. The van der Waals surface area contributed by atoms with Crippen molar-refractivity contribution in [2.75, 3.05) is 20.7 Å². The predicted octanol–water partition coefficient (Wildman–Crippen LogP) is 2.16. The molecule has 0 spiro atoms. The van der Waals surface area contributed by atoms with Gasteiger partial charge in [0.05, 0.1) is 7.11 Å². The van der Waals surface area contributed by atoms with Crippen molar-refractivity contribution in [2.24, 2.45) is 0 Å². The summed E-state index contributed by atoms with van der Waals surface area (Å²) >= 11 is 0. The number of carbonyl (C=O) groups is 3. The van der Waals surface area contributed by atoms with Crippen LogP contribution in [0.3, 0.4) is 0 Å². The van der Waals surface area contributed by atoms with Gasteiger partial charge in [-0.05, 0) is 11.1 Å². The van der Waals surface area contributed by atoms with Gasteiger partial charge in [0.1, 0.15) is 19.2 Å². The van der Waals surface area contributed by atoms with E-state index in [2.05, 4.69) is 5.32 Å². The zero-order chi connectivity index (χ0) is 20.4. The number of esters is 1. The average molecular weight is 384 g/mol. The van der Waals surface area contributed by atoms with Gasteiger partial charge in [0.25, 0.3) is 0 Å². The average Bonchev–Trinajstić information content (AvgIpc) is 2.72. The van der Waals surface area contributed by atoms with Gasteiger partial charge in [-0.1, -0.05) is 60.7 Å². The van der Waals surface area contributed by atoms with Crippen molar-refractivity contribution in [3.63, 3.8) is 0 Å². The van der Waals surface area contributed by atoms with Gasteiger partial charge in [-0.15, -0.1) is 0 Å². The van der Waals surface area contributed by atoms with Crippen molar-refractivity contribution in [1.82, 2.24) is 10.2 Å². The second kappa shape index (κ2) is 10.7. The minimum atomic E-state index is -0.839. The first kappa shape index (κ1) is 21.0. The van der Waals surface area contributed by atoms with E-state index in [1.807, 2.05) is 60.7 Å². The first-order chi connectivity index (χ1) is 13.5. The minimum absolute atomic E-state index is 0.116. The lowest BCUT2D eigenvalue weighted by Crippen LogP contribution is -2.47. The molecular formula is C21H24N2O5. The lowest BCUT2D eigenvalue weighted by Gasteiger charge is -2.20. The summed E-state index contributed by atoms with van der Waals surface area (Å²) in [6, 6.07) is 17.7. The molecule has 28 heavy (non-hydrogen) atoms. The molecular weight excluding hydrogens is 360 g/mol. The van der Waals surface area contributed by atoms with Gasteiger partial charge < -0.3 is 19.7 Å². The Labute approximate surface area is 164 Å². The topological polar surface area (TPSA) is 84.9 Å². The van der Waals surface area contributed by atoms with Gasteiger partial charge in [0.15, 0.2) is 0 Å². The van der Waals surface area contributed by atoms with Crippen molar-refractivity contribution in [3.8, 4) is 0 Å². The van der Waals surface area contributed by atoms with Crippen LogP contribution in [-0.4, -0.2) is 49.6 Å². The number of hydrogen-bond acceptors (Lipinski definition) is 5. The van der Waals surface area contributed by atoms with Crippen LogP contribution in [0.2, 0.25) is 0 Å². The summed E-state index contributed by atoms with van der Waals surface area (Å²) < 4.78 is 9.94. The predicted molar refractivity (Wildman–Crippen MR) is 103 cm³/mol. The zero-order valence-electron chi connectivity index (χ0n) is 16.0. The number of amides is 2. The van der Waals surface area contributed by atoms with E-state index >= 15 is 0 Å². The highest BCUT2D eigenvalue weighted by atomic mass is 16.6. The van der Waals surface area contributed by atoms with Crippen molar-refractivity contribution in [1.29, 1.82) is 0 Å². The maximum atomic E-state index is 12.3. The molecule has 2 amide bonds. The summed E-state index contributed by atoms with van der Waals surface area (Å²) in [4.78, 5) is 37.5. The molecule has 0 aliphatic rings. The second-order valence-corrected chi connectivity index (χ2v) is 6.23. The summed E-state index contributed by atoms with van der Waals surface area (Å²) in [5, 5.41) is 2.61. The molecule has 7 nitrogen and oxygen atoms in total. The van der Waals surface area contributed by atoms with Crippen molar-refractivity contribution in [3.05, 3.63) is 71.8 Å². The summed E-state index contributed by atoms with van der Waals surface area (Å²) in [5.41, 5.74) is 1.73. The van der Waals surface area contributed by atoms with Crippen LogP contribution in [0.1, 0.15) is 11.1 Å². The largest absolute Gasteiger partial charge is 0.467 e. The molecule has 0 unspecified atom stereocenters. The van der Waals surface area contributed by atoms with E-state index in [0.717, 1.165) is 16.0 Å². The van der Waals surface area contributed by atoms with Gasteiger partial charge in [-0.3, -0.25) is 4.79 Å². The summed E-state index contributed by atoms with van der Waals surface area (Å²) in [6.45, 7) is -0.125. The molecule has 0 radical (unpaired) electrons. The molecule has 0 saturated heterocycles. The molecule has 0 bridgehead atoms. The van der Waals surface area contributed by atoms with Crippen LogP contribution >= 0.6 is 0 Å². The van der Waals surface area contributed by atoms with E-state index in [1.54, 1.807) is 0 Å². The quantitative estimate of drug-likeness (QED) is 0.705. The van der Waals surface area contributed by atoms with E-state index in [0.29, 0.717) is 6.42 Å². The Hall–Kier alpha value is -3.35. The van der Waals surface area contributed by atoms with Gasteiger partial charge in [0, 0.05) is 13.5 Å². The second-order valence-electron chi connectivity index (χ2n) is 6.23. The Morgan fingerprint density at radius 2 is 1.54 bits per heavy atom. The van der Waals surface area contributed by atoms with Crippen molar-refractivity contribution >= 4 is 18.0 Å². The van der Waals surface area contributed by atoms with Crippen LogP contribution in [0, 0.1) is 0 Å². The lowest BCUT2D eigenvalue weighted by molar-refractivity contribution is -0.145. The number of rotatable bonds is 8. The molecule has 7 heteroatoms. The highest BCUT2D eigenvalue weighted by Gasteiger charge is 2.23. The maximum absolute atomic E-state index is 12.3. The first-order valence-electron chi connectivity index (χ1n) is 8.82. The highest BCUT2D eigenvalue weighted by Crippen LogP contribution is 2.05. The van der Waals surface area contributed by atoms with Crippen LogP contribution in [0.25, 0.3) is 0 Å². The van der Waals surface area contributed by atoms with Crippen LogP contribution < -0.4 is 5.32 Å². The minimum Gasteiger partial charge on any atom is -0.467 e. The molecule has 1 N–H and O–H groups in total. The molecule has 2 aromatic carbocycles. The Morgan fingerprint density at radius 1 is 0.964 bits per heavy atom. The van der Waals surface area contributed by atoms with Crippen LogP contribution in [-0.2, 0) is 32.1 Å². The third-order valence-electron chi connectivity index (χ3n) is 4.00. The van der Waals surface area contributed by atoms with Gasteiger partial charge >= 0.3 is 12.1 Å². The number of nitrogens with zero attached hydrogens (tertiary/aromatic N) is 1. The van der Waals surface area contributed by atoms with Crippen LogP contribution in [0.15, 0.2) is 60.7 Å². The fraction of sp³-hybridized carbons (Fsp3) is 0.286. The molecule has 1 atom stereocenters. The third-order valence-corrected chi connectivity index (χ3v) is 4.00. The Bertz CT molecular complexity index is 780. The standard InChI is InChI=1S/C21H24N2O5/c1-23(21(26)28-15-17-11-7-4-8-12-17)14-19(24)22-18(20(25)27-2)13-16-9-5-3-6-10-16/h3-12,18H,13-15H2,1-2H3,(H,22,24)/t18-/m0/s1. The number of hydrogen-bond donors (Lipinski definition) is 1. The molecule has 0 heterocycles. The van der Waals surface area contributed by atoms with E-state index in [9.17, 15) is 14.4 Å². The van der Waals surface area contributed by atoms with Gasteiger partial charge in [-0.25, -0.2) is 9.59 Å². The molecule has 0 aliphatic carbocycles. The molecule has 0 aromatic heterocycles. The molecule has 0 aliphatic heterocycles. The monoisotopic (exact) mass is 384 g/mol. The molecule has 0 saturated carbocycles. The molecule has 0 fully saturated rings. The summed E-state index contributed by atoms with van der Waals surface area (Å²) in [5.74, 6) is -1.03. The Morgan fingerprint density at radius 3 is 2.11 bits per heavy atom. The number of nitrogens with one attached hydrogen (secondary N) is 1. The van der Waals surface area contributed by atoms with Crippen LogP contribution in [0.4, 0.5) is 4.79 Å². The van der Waals surface area contributed by atoms with Gasteiger partial charge in [0.2, 0.25) is 5.91 Å². The fourth-order valence-electron chi connectivity index (χ4n) is 2.53. The SMILES string of the molecule is COC(=O)[C@H](Cc1ccccc1)NC(=O)CN(C)C(=O)OCc1ccccc1. The molecule has 2 aromatic rings. The first-order valence-corrected chi connectivity index (χ1v) is 8.82. The molecule has 148 valence electrons. The smallest absolute Gasteiger partial charge is 0.410 e. The fourth-order valence-corrected chi connectivity index (χ4v) is 2.53.